The minimum absolute atomic E-state index is 0.770. The van der Waals surface area contributed by atoms with Gasteiger partial charge >= 0.3 is 0 Å². The highest BCUT2D eigenvalue weighted by Gasteiger charge is 2.13. The number of nitrogens with zero attached hydrogens (tertiary/aromatic N) is 5. The lowest BCUT2D eigenvalue weighted by molar-refractivity contribution is 0.610. The first-order valence-electron chi connectivity index (χ1n) is 9.13. The second-order valence-electron chi connectivity index (χ2n) is 6.43. The first-order chi connectivity index (χ1) is 13.3. The van der Waals surface area contributed by atoms with E-state index in [0.717, 1.165) is 53.5 Å². The minimum atomic E-state index is 0.770. The maximum absolute atomic E-state index is 4.86. The summed E-state index contributed by atoms with van der Waals surface area (Å²) in [5.41, 5.74) is 3.77. The normalized spacial score (nSPS) is 10.9. The van der Waals surface area contributed by atoms with Gasteiger partial charge in [0.25, 0.3) is 0 Å². The summed E-state index contributed by atoms with van der Waals surface area (Å²) < 4.78 is 2.14. The van der Waals surface area contributed by atoms with Crippen LogP contribution in [0.3, 0.4) is 0 Å². The summed E-state index contributed by atoms with van der Waals surface area (Å²) in [5.74, 6) is 1.80. The Bertz CT molecular complexity index is 1010. The van der Waals surface area contributed by atoms with Gasteiger partial charge in [-0.3, -0.25) is 0 Å². The number of hydrogen-bond donors (Lipinski definition) is 0. The van der Waals surface area contributed by atoms with E-state index in [1.165, 1.54) is 0 Å². The van der Waals surface area contributed by atoms with Gasteiger partial charge in [-0.25, -0.2) is 9.97 Å². The van der Waals surface area contributed by atoms with E-state index >= 15 is 0 Å². The Hall–Kier alpha value is -3.34. The molecule has 0 N–H and O–H groups in total. The van der Waals surface area contributed by atoms with Gasteiger partial charge in [-0.15, -0.1) is 10.2 Å². The maximum Gasteiger partial charge on any atom is 0.151 e. The lowest BCUT2D eigenvalue weighted by atomic mass is 10.0. The van der Waals surface area contributed by atoms with Crippen LogP contribution in [-0.2, 0) is 13.0 Å². The van der Waals surface area contributed by atoms with E-state index in [9.17, 15) is 0 Å². The first-order valence-corrected chi connectivity index (χ1v) is 9.13. The Labute approximate surface area is 158 Å². The van der Waals surface area contributed by atoms with E-state index in [2.05, 4.69) is 31.9 Å². The molecule has 0 aliphatic carbocycles. The fourth-order valence-corrected chi connectivity index (χ4v) is 3.10. The lowest BCUT2D eigenvalue weighted by Gasteiger charge is -2.10. The molecular formula is C22H21N5. The molecule has 0 saturated heterocycles. The Morgan fingerprint density at radius 2 is 1.48 bits per heavy atom. The minimum Gasteiger partial charge on any atom is -0.335 e. The standard InChI is InChI=1S/C22H21N5/c1-17-23-14-16-27(17)15-8-13-20-24-21(18-9-4-2-5-10-18)22(26-25-20)19-11-6-3-7-12-19/h2-7,9-12,14,16H,8,13,15H2,1H3. The molecule has 2 aromatic carbocycles. The van der Waals surface area contributed by atoms with Gasteiger partial charge in [-0.1, -0.05) is 60.7 Å². The molecule has 0 saturated carbocycles. The van der Waals surface area contributed by atoms with Gasteiger partial charge in [-0.05, 0) is 13.3 Å². The molecule has 0 fully saturated rings. The van der Waals surface area contributed by atoms with E-state index in [4.69, 9.17) is 4.98 Å². The summed E-state index contributed by atoms with van der Waals surface area (Å²) in [6.45, 7) is 2.91. The van der Waals surface area contributed by atoms with Gasteiger partial charge in [0.15, 0.2) is 5.82 Å². The van der Waals surface area contributed by atoms with Crippen LogP contribution in [0.4, 0.5) is 0 Å². The molecular weight excluding hydrogens is 334 g/mol. The zero-order chi connectivity index (χ0) is 18.5. The van der Waals surface area contributed by atoms with Crippen LogP contribution >= 0.6 is 0 Å². The molecule has 27 heavy (non-hydrogen) atoms. The van der Waals surface area contributed by atoms with E-state index in [0.29, 0.717) is 0 Å². The second kappa shape index (κ2) is 7.91. The molecule has 4 rings (SSSR count). The van der Waals surface area contributed by atoms with Crippen molar-refractivity contribution < 1.29 is 0 Å². The van der Waals surface area contributed by atoms with Crippen LogP contribution in [0.1, 0.15) is 18.1 Å². The fraction of sp³-hybridized carbons (Fsp3) is 0.182. The van der Waals surface area contributed by atoms with Crippen LogP contribution in [0.2, 0.25) is 0 Å². The molecule has 0 aliphatic heterocycles. The Morgan fingerprint density at radius 3 is 2.11 bits per heavy atom. The van der Waals surface area contributed by atoms with Crippen LogP contribution in [0.5, 0.6) is 0 Å². The van der Waals surface area contributed by atoms with Crippen molar-refractivity contribution in [2.24, 2.45) is 0 Å². The number of aromatic nitrogens is 5. The summed E-state index contributed by atoms with van der Waals surface area (Å²) in [5, 5.41) is 8.92. The summed E-state index contributed by atoms with van der Waals surface area (Å²) in [6, 6.07) is 20.3. The smallest absolute Gasteiger partial charge is 0.151 e. The number of hydrogen-bond acceptors (Lipinski definition) is 4. The van der Waals surface area contributed by atoms with Gasteiger partial charge < -0.3 is 4.57 Å². The monoisotopic (exact) mass is 355 g/mol. The van der Waals surface area contributed by atoms with Crippen LogP contribution in [0.15, 0.2) is 73.1 Å². The summed E-state index contributed by atoms with van der Waals surface area (Å²) in [7, 11) is 0. The average Bonchev–Trinajstić information content (AvgIpc) is 3.14. The zero-order valence-electron chi connectivity index (χ0n) is 15.3. The second-order valence-corrected chi connectivity index (χ2v) is 6.43. The van der Waals surface area contributed by atoms with Gasteiger partial charge in [-0.2, -0.15) is 0 Å². The Kier molecular flexibility index (Phi) is 5.01. The summed E-state index contributed by atoms with van der Waals surface area (Å²) in [4.78, 5) is 9.12. The largest absolute Gasteiger partial charge is 0.335 e. The van der Waals surface area contributed by atoms with Crippen molar-refractivity contribution in [1.82, 2.24) is 24.7 Å². The van der Waals surface area contributed by atoms with Crippen molar-refractivity contribution in [3.05, 3.63) is 84.7 Å². The number of imidazole rings is 1. The lowest BCUT2D eigenvalue weighted by Crippen LogP contribution is -2.06. The molecule has 2 aromatic heterocycles. The SMILES string of the molecule is Cc1nccn1CCCc1nnc(-c2ccccc2)c(-c2ccccc2)n1. The highest BCUT2D eigenvalue weighted by molar-refractivity contribution is 5.77. The van der Waals surface area contributed by atoms with E-state index < -0.39 is 0 Å². The third-order valence-corrected chi connectivity index (χ3v) is 4.55. The highest BCUT2D eigenvalue weighted by atomic mass is 15.2. The molecule has 0 spiro atoms. The number of aryl methyl sites for hydroxylation is 3. The van der Waals surface area contributed by atoms with Crippen molar-refractivity contribution in [2.75, 3.05) is 0 Å². The molecule has 4 aromatic rings. The number of rotatable bonds is 6. The molecule has 0 radical (unpaired) electrons. The van der Waals surface area contributed by atoms with Crippen LogP contribution in [0.25, 0.3) is 22.5 Å². The predicted molar refractivity (Wildman–Crippen MR) is 106 cm³/mol. The van der Waals surface area contributed by atoms with Gasteiger partial charge in [0, 0.05) is 36.5 Å². The van der Waals surface area contributed by atoms with Crippen LogP contribution in [-0.4, -0.2) is 24.7 Å². The van der Waals surface area contributed by atoms with E-state index in [1.807, 2.05) is 67.8 Å². The molecule has 0 atom stereocenters. The fourth-order valence-electron chi connectivity index (χ4n) is 3.10. The molecule has 0 unspecified atom stereocenters. The van der Waals surface area contributed by atoms with Crippen LogP contribution < -0.4 is 0 Å². The number of benzene rings is 2. The average molecular weight is 355 g/mol. The molecule has 0 amide bonds. The van der Waals surface area contributed by atoms with Crippen molar-refractivity contribution >= 4 is 0 Å². The van der Waals surface area contributed by atoms with Gasteiger partial charge in [0.1, 0.15) is 17.2 Å². The molecule has 134 valence electrons. The predicted octanol–water partition coefficient (Wildman–Crippen LogP) is 4.34. The molecule has 0 bridgehead atoms. The molecule has 2 heterocycles. The van der Waals surface area contributed by atoms with Gasteiger partial charge in [0.2, 0.25) is 0 Å². The highest BCUT2D eigenvalue weighted by Crippen LogP contribution is 2.28. The zero-order valence-corrected chi connectivity index (χ0v) is 15.3. The van der Waals surface area contributed by atoms with Crippen LogP contribution in [0, 0.1) is 6.92 Å². The molecule has 5 heteroatoms. The molecule has 5 nitrogen and oxygen atoms in total. The maximum atomic E-state index is 4.86. The summed E-state index contributed by atoms with van der Waals surface area (Å²) in [6.07, 6.45) is 5.55. The van der Waals surface area contributed by atoms with Crippen molar-refractivity contribution in [1.29, 1.82) is 0 Å². The van der Waals surface area contributed by atoms with E-state index in [-0.39, 0.29) is 0 Å². The van der Waals surface area contributed by atoms with E-state index in [1.54, 1.807) is 0 Å². The Balaban J connectivity index is 1.62. The molecule has 0 aliphatic rings. The Morgan fingerprint density at radius 1 is 0.815 bits per heavy atom. The summed E-state index contributed by atoms with van der Waals surface area (Å²) >= 11 is 0. The topological polar surface area (TPSA) is 56.5 Å². The first kappa shape index (κ1) is 17.1. The quantitative estimate of drug-likeness (QED) is 0.516. The van der Waals surface area contributed by atoms with Crippen molar-refractivity contribution in [3.8, 4) is 22.5 Å². The third-order valence-electron chi connectivity index (χ3n) is 4.55. The van der Waals surface area contributed by atoms with Gasteiger partial charge in [0.05, 0.1) is 0 Å². The van der Waals surface area contributed by atoms with Crippen molar-refractivity contribution in [2.45, 2.75) is 26.3 Å². The van der Waals surface area contributed by atoms with Crippen molar-refractivity contribution in [3.63, 3.8) is 0 Å². The third kappa shape index (κ3) is 3.92.